The highest BCUT2D eigenvalue weighted by Crippen LogP contribution is 2.22. The summed E-state index contributed by atoms with van der Waals surface area (Å²) in [5.41, 5.74) is 7.29. The molecule has 228 valence electrons. The van der Waals surface area contributed by atoms with Crippen molar-refractivity contribution in [2.24, 2.45) is 5.73 Å². The van der Waals surface area contributed by atoms with Crippen LogP contribution in [0.3, 0.4) is 0 Å². The summed E-state index contributed by atoms with van der Waals surface area (Å²) < 4.78 is 0. The Balaban J connectivity index is 1.87. The number of carbonyl (C=O) groups excluding carboxylic acids is 2. The van der Waals surface area contributed by atoms with Crippen LogP contribution in [-0.2, 0) is 25.7 Å². The van der Waals surface area contributed by atoms with Crippen LogP contribution in [0, 0.1) is 6.92 Å². The number of benzene rings is 2. The maximum absolute atomic E-state index is 13.5. The Kier molecular flexibility index (Phi) is 10.7. The van der Waals surface area contributed by atoms with Crippen LogP contribution in [0.2, 0.25) is 0 Å². The van der Waals surface area contributed by atoms with Gasteiger partial charge in [0, 0.05) is 37.2 Å². The number of amides is 2. The summed E-state index contributed by atoms with van der Waals surface area (Å²) in [6.07, 6.45) is -2.06. The number of aromatic nitrogens is 2. The molecule has 0 spiro atoms. The molecule has 0 aliphatic rings. The highest BCUT2D eigenvalue weighted by molar-refractivity contribution is 6.07. The van der Waals surface area contributed by atoms with Gasteiger partial charge in [-0.25, -0.2) is 9.78 Å². The highest BCUT2D eigenvalue weighted by Gasteiger charge is 2.36. The van der Waals surface area contributed by atoms with E-state index in [2.05, 4.69) is 9.97 Å². The maximum Gasteiger partial charge on any atom is 0.326 e. The number of nitrogens with zero attached hydrogens (tertiary/aromatic N) is 3. The Morgan fingerprint density at radius 1 is 0.953 bits per heavy atom. The molecule has 2 aromatic carbocycles. The first kappa shape index (κ1) is 32.4. The number of hydrogen-bond acceptors (Lipinski definition) is 9. The Labute approximate surface area is 245 Å². The molecule has 0 unspecified atom stereocenters. The lowest BCUT2D eigenvalue weighted by atomic mass is 10.0. The molecule has 2 atom stereocenters. The molecular formula is C29H33N5O9. The molecule has 0 aliphatic heterocycles. The summed E-state index contributed by atoms with van der Waals surface area (Å²) in [6.45, 7) is 4.58. The van der Waals surface area contributed by atoms with E-state index < -0.39 is 61.1 Å². The molecule has 3 aromatic rings. The molecule has 6 N–H and O–H groups in total. The summed E-state index contributed by atoms with van der Waals surface area (Å²) in [4.78, 5) is 82.6. The second kappa shape index (κ2) is 14.2. The van der Waals surface area contributed by atoms with Gasteiger partial charge in [0.1, 0.15) is 17.9 Å². The molecule has 3 rings (SSSR count). The summed E-state index contributed by atoms with van der Waals surface area (Å²) >= 11 is 0. The molecule has 1 aromatic heterocycles. The minimum atomic E-state index is -1.79. The monoisotopic (exact) mass is 595 g/mol. The molecule has 43 heavy (non-hydrogen) atoms. The molecule has 0 bridgehead atoms. The molecule has 14 nitrogen and oxygen atoms in total. The van der Waals surface area contributed by atoms with E-state index in [-0.39, 0.29) is 17.5 Å². The van der Waals surface area contributed by atoms with Gasteiger partial charge in [-0.1, -0.05) is 6.07 Å². The topological polar surface area (TPSA) is 224 Å². The van der Waals surface area contributed by atoms with Crippen LogP contribution in [0.15, 0.2) is 47.3 Å². The average Bonchev–Trinajstić information content (AvgIpc) is 2.96. The predicted molar refractivity (Wildman–Crippen MR) is 155 cm³/mol. The second-order valence-electron chi connectivity index (χ2n) is 9.90. The van der Waals surface area contributed by atoms with Gasteiger partial charge in [0.25, 0.3) is 11.5 Å². The van der Waals surface area contributed by atoms with Crippen molar-refractivity contribution in [3.05, 3.63) is 69.8 Å². The lowest BCUT2D eigenvalue weighted by Gasteiger charge is -2.28. The van der Waals surface area contributed by atoms with Gasteiger partial charge < -0.3 is 30.9 Å². The van der Waals surface area contributed by atoms with Crippen molar-refractivity contribution < 1.29 is 39.3 Å². The molecule has 0 fully saturated rings. The molecule has 2 amide bonds. The van der Waals surface area contributed by atoms with Gasteiger partial charge in [0.15, 0.2) is 0 Å². The fraction of sp³-hybridized carbons (Fsp3) is 0.345. The van der Waals surface area contributed by atoms with Gasteiger partial charge in [-0.3, -0.25) is 28.9 Å². The third-order valence-electron chi connectivity index (χ3n) is 6.83. The number of aryl methyl sites for hydroxylation is 1. The van der Waals surface area contributed by atoms with E-state index in [9.17, 15) is 33.9 Å². The van der Waals surface area contributed by atoms with Crippen molar-refractivity contribution >= 4 is 46.3 Å². The number of fused-ring (bicyclic) bond motifs is 1. The number of carboxylic acids is 3. The molecule has 0 aliphatic carbocycles. The number of hydrogen-bond donors (Lipinski definition) is 5. The lowest BCUT2D eigenvalue weighted by Crippen LogP contribution is -2.49. The van der Waals surface area contributed by atoms with Crippen molar-refractivity contribution in [2.75, 3.05) is 11.4 Å². The first-order chi connectivity index (χ1) is 20.3. The van der Waals surface area contributed by atoms with Crippen LogP contribution in [0.25, 0.3) is 10.9 Å². The number of H-pyrrole nitrogens is 1. The summed E-state index contributed by atoms with van der Waals surface area (Å²) in [5.74, 6) is -5.72. The fourth-order valence-corrected chi connectivity index (χ4v) is 4.54. The van der Waals surface area contributed by atoms with Crippen molar-refractivity contribution in [2.45, 2.75) is 58.2 Å². The van der Waals surface area contributed by atoms with Crippen LogP contribution < -0.4 is 16.2 Å². The first-order valence-corrected chi connectivity index (χ1v) is 13.5. The molecule has 1 heterocycles. The zero-order valence-electron chi connectivity index (χ0n) is 23.6. The largest absolute Gasteiger partial charge is 0.481 e. The SMILES string of the molecule is CCN(Cc1ccc2nc(C)[nH]c(=O)c2c1)c1ccc(C(=O)N(C(=O)CC[C@H](N)C(=O)O)[C@H](CCC(=O)O)C(=O)O)cc1. The number of carbonyl (C=O) groups is 5. The van der Waals surface area contributed by atoms with E-state index in [0.717, 1.165) is 5.56 Å². The Bertz CT molecular complexity index is 1590. The smallest absolute Gasteiger partial charge is 0.326 e. The fourth-order valence-electron chi connectivity index (χ4n) is 4.54. The number of nitrogens with one attached hydrogen (secondary N) is 1. The lowest BCUT2D eigenvalue weighted by molar-refractivity contribution is -0.149. The Morgan fingerprint density at radius 3 is 2.21 bits per heavy atom. The van der Waals surface area contributed by atoms with Gasteiger partial charge in [0.2, 0.25) is 5.91 Å². The number of nitrogens with two attached hydrogens (primary N) is 1. The van der Waals surface area contributed by atoms with E-state index in [1.54, 1.807) is 31.2 Å². The van der Waals surface area contributed by atoms with Crippen molar-refractivity contribution in [3.63, 3.8) is 0 Å². The van der Waals surface area contributed by atoms with Gasteiger partial charge >= 0.3 is 17.9 Å². The van der Waals surface area contributed by atoms with Crippen molar-refractivity contribution in [1.82, 2.24) is 14.9 Å². The number of imide groups is 1. The summed E-state index contributed by atoms with van der Waals surface area (Å²) in [5, 5.41) is 28.3. The van der Waals surface area contributed by atoms with Crippen LogP contribution in [0.4, 0.5) is 5.69 Å². The average molecular weight is 596 g/mol. The van der Waals surface area contributed by atoms with E-state index in [4.69, 9.17) is 15.9 Å². The highest BCUT2D eigenvalue weighted by atomic mass is 16.4. The number of aromatic amines is 1. The third-order valence-corrected chi connectivity index (χ3v) is 6.83. The summed E-state index contributed by atoms with van der Waals surface area (Å²) in [6, 6.07) is 8.23. The first-order valence-electron chi connectivity index (χ1n) is 13.5. The van der Waals surface area contributed by atoms with Crippen molar-refractivity contribution in [3.8, 4) is 0 Å². The zero-order chi connectivity index (χ0) is 31.8. The van der Waals surface area contributed by atoms with Crippen LogP contribution in [0.5, 0.6) is 0 Å². The van der Waals surface area contributed by atoms with Gasteiger partial charge in [-0.05, 0) is 68.7 Å². The molecule has 0 saturated heterocycles. The van der Waals surface area contributed by atoms with Gasteiger partial charge in [0.05, 0.1) is 10.9 Å². The molecular weight excluding hydrogens is 562 g/mol. The zero-order valence-corrected chi connectivity index (χ0v) is 23.6. The van der Waals surface area contributed by atoms with Gasteiger partial charge in [-0.2, -0.15) is 0 Å². The third kappa shape index (κ3) is 8.23. The van der Waals surface area contributed by atoms with Gasteiger partial charge in [-0.15, -0.1) is 0 Å². The van der Waals surface area contributed by atoms with E-state index in [1.165, 1.54) is 12.1 Å². The number of carboxylic acid groups (broad SMARTS) is 3. The molecule has 0 radical (unpaired) electrons. The van der Waals surface area contributed by atoms with Crippen LogP contribution in [0.1, 0.15) is 54.4 Å². The number of anilines is 1. The van der Waals surface area contributed by atoms with E-state index >= 15 is 0 Å². The minimum absolute atomic E-state index is 0.0315. The second-order valence-corrected chi connectivity index (χ2v) is 9.90. The molecule has 14 heteroatoms. The Hall–Kier alpha value is -5.11. The summed E-state index contributed by atoms with van der Waals surface area (Å²) in [7, 11) is 0. The Morgan fingerprint density at radius 2 is 1.63 bits per heavy atom. The predicted octanol–water partition coefficient (Wildman–Crippen LogP) is 1.74. The minimum Gasteiger partial charge on any atom is -0.481 e. The molecule has 0 saturated carbocycles. The number of rotatable bonds is 14. The van der Waals surface area contributed by atoms with Crippen molar-refractivity contribution in [1.29, 1.82) is 0 Å². The van der Waals surface area contributed by atoms with Crippen LogP contribution in [-0.4, -0.2) is 78.5 Å². The normalized spacial score (nSPS) is 12.3. The quantitative estimate of drug-likeness (QED) is 0.180. The van der Waals surface area contributed by atoms with Crippen LogP contribution >= 0.6 is 0 Å². The van der Waals surface area contributed by atoms with E-state index in [0.29, 0.717) is 40.4 Å². The standard InChI is InChI=1S/C29H33N5O9/c1-3-33(15-17-4-10-22-20(14-17)26(38)32-16(2)31-22)19-7-5-18(6-8-19)27(39)34(23(29(42)43)11-13-25(36)37)24(35)12-9-21(30)28(40)41/h4-8,10,14,21,23H,3,9,11-13,15,30H2,1-2H3,(H,36,37)(H,40,41)(H,42,43)(H,31,32,38)/t21-,23+/m0/s1. The van der Waals surface area contributed by atoms with E-state index in [1.807, 2.05) is 17.9 Å². The maximum atomic E-state index is 13.5. The number of aliphatic carboxylic acids is 3.